The third kappa shape index (κ3) is 2.88. The van der Waals surface area contributed by atoms with Crippen molar-refractivity contribution in [1.82, 2.24) is 5.32 Å². The number of aliphatic hydroxyl groups is 1. The predicted molar refractivity (Wildman–Crippen MR) is 78.4 cm³/mol. The van der Waals surface area contributed by atoms with Crippen molar-refractivity contribution in [3.63, 3.8) is 0 Å². The van der Waals surface area contributed by atoms with E-state index in [9.17, 15) is 4.79 Å². The third-order valence-electron chi connectivity index (χ3n) is 4.67. The molecule has 0 bridgehead atoms. The van der Waals surface area contributed by atoms with Crippen LogP contribution in [-0.4, -0.2) is 23.7 Å². The Morgan fingerprint density at radius 3 is 2.80 bits per heavy atom. The van der Waals surface area contributed by atoms with E-state index >= 15 is 0 Å². The van der Waals surface area contributed by atoms with E-state index in [1.807, 2.05) is 12.1 Å². The van der Waals surface area contributed by atoms with Crippen LogP contribution in [-0.2, 0) is 4.79 Å². The number of amides is 1. The fraction of sp³-hybridized carbons (Fsp3) is 0.588. The van der Waals surface area contributed by atoms with Crippen LogP contribution in [0.2, 0.25) is 0 Å². The number of benzene rings is 1. The normalized spacial score (nSPS) is 26.1. The molecule has 3 unspecified atom stereocenters. The summed E-state index contributed by atoms with van der Waals surface area (Å²) >= 11 is 0. The molecule has 2 saturated carbocycles. The van der Waals surface area contributed by atoms with Gasteiger partial charge in [-0.15, -0.1) is 0 Å². The van der Waals surface area contributed by atoms with E-state index in [4.69, 9.17) is 5.11 Å². The van der Waals surface area contributed by atoms with E-state index in [1.165, 1.54) is 24.0 Å². The number of carbonyl (C=O) groups is 1. The molecule has 2 aliphatic carbocycles. The number of nitrogens with one attached hydrogen (secondary N) is 1. The van der Waals surface area contributed by atoms with Crippen LogP contribution in [0.1, 0.15) is 42.7 Å². The zero-order chi connectivity index (χ0) is 14.1. The molecule has 1 aromatic rings. The third-order valence-corrected chi connectivity index (χ3v) is 4.67. The minimum atomic E-state index is 0.135. The van der Waals surface area contributed by atoms with Gasteiger partial charge in [-0.3, -0.25) is 4.79 Å². The van der Waals surface area contributed by atoms with Crippen LogP contribution in [0.15, 0.2) is 24.3 Å². The van der Waals surface area contributed by atoms with Gasteiger partial charge in [0.25, 0.3) is 0 Å². The Bertz CT molecular complexity index is 496. The molecule has 2 fully saturated rings. The summed E-state index contributed by atoms with van der Waals surface area (Å²) in [5, 5.41) is 12.3. The molecule has 0 heterocycles. The standard InChI is InChI=1S/C17H23NO2/c1-11-4-2-3-5-13(11)14-10-15(14)17(20)18-16(8-9-19)12-6-7-12/h2-5,12,14-16,19H,6-10H2,1H3,(H,18,20). The monoisotopic (exact) mass is 273 g/mol. The molecular weight excluding hydrogens is 250 g/mol. The Kier molecular flexibility index (Phi) is 3.79. The molecule has 1 aromatic carbocycles. The second kappa shape index (κ2) is 5.57. The number of aryl methyl sites for hydroxylation is 1. The molecule has 2 N–H and O–H groups in total. The number of carbonyl (C=O) groups excluding carboxylic acids is 1. The molecule has 0 spiro atoms. The summed E-state index contributed by atoms with van der Waals surface area (Å²) in [6.45, 7) is 2.27. The highest BCUT2D eigenvalue weighted by molar-refractivity contribution is 5.83. The maximum atomic E-state index is 12.3. The Labute approximate surface area is 120 Å². The number of rotatable bonds is 6. The number of hydrogen-bond donors (Lipinski definition) is 2. The van der Waals surface area contributed by atoms with Crippen molar-refractivity contribution in [2.24, 2.45) is 11.8 Å². The molecule has 0 aromatic heterocycles. The largest absolute Gasteiger partial charge is 0.396 e. The first-order valence-electron chi connectivity index (χ1n) is 7.67. The maximum Gasteiger partial charge on any atom is 0.223 e. The Morgan fingerprint density at radius 2 is 2.15 bits per heavy atom. The van der Waals surface area contributed by atoms with E-state index in [-0.39, 0.29) is 24.5 Å². The van der Waals surface area contributed by atoms with Gasteiger partial charge in [0.2, 0.25) is 5.91 Å². The molecule has 3 heteroatoms. The summed E-state index contributed by atoms with van der Waals surface area (Å²) in [6, 6.07) is 8.53. The van der Waals surface area contributed by atoms with Crippen molar-refractivity contribution < 1.29 is 9.90 Å². The summed E-state index contributed by atoms with van der Waals surface area (Å²) < 4.78 is 0. The van der Waals surface area contributed by atoms with Gasteiger partial charge in [-0.05, 0) is 55.6 Å². The summed E-state index contributed by atoms with van der Waals surface area (Å²) in [5.41, 5.74) is 2.60. The highest BCUT2D eigenvalue weighted by Gasteiger charge is 2.45. The summed E-state index contributed by atoms with van der Waals surface area (Å²) in [5.74, 6) is 1.31. The van der Waals surface area contributed by atoms with Crippen molar-refractivity contribution in [3.05, 3.63) is 35.4 Å². The van der Waals surface area contributed by atoms with E-state index in [0.717, 1.165) is 6.42 Å². The van der Waals surface area contributed by atoms with Crippen LogP contribution in [0, 0.1) is 18.8 Å². The second-order valence-electron chi connectivity index (χ2n) is 6.27. The van der Waals surface area contributed by atoms with Crippen molar-refractivity contribution in [3.8, 4) is 0 Å². The highest BCUT2D eigenvalue weighted by Crippen LogP contribution is 2.48. The van der Waals surface area contributed by atoms with Crippen LogP contribution in [0.4, 0.5) is 0 Å². The lowest BCUT2D eigenvalue weighted by Gasteiger charge is -2.17. The van der Waals surface area contributed by atoms with Gasteiger partial charge < -0.3 is 10.4 Å². The van der Waals surface area contributed by atoms with Gasteiger partial charge in [-0.25, -0.2) is 0 Å². The molecule has 108 valence electrons. The Hall–Kier alpha value is -1.35. The van der Waals surface area contributed by atoms with E-state index in [1.54, 1.807) is 0 Å². The Morgan fingerprint density at radius 1 is 1.40 bits per heavy atom. The minimum Gasteiger partial charge on any atom is -0.396 e. The van der Waals surface area contributed by atoms with Gasteiger partial charge in [-0.1, -0.05) is 24.3 Å². The average Bonchev–Trinajstić information content (AvgIpc) is 3.31. The summed E-state index contributed by atoms with van der Waals surface area (Å²) in [4.78, 5) is 12.3. The van der Waals surface area contributed by atoms with Crippen LogP contribution >= 0.6 is 0 Å². The summed E-state index contributed by atoms with van der Waals surface area (Å²) in [6.07, 6.45) is 4.04. The van der Waals surface area contributed by atoms with E-state index < -0.39 is 0 Å². The van der Waals surface area contributed by atoms with Gasteiger partial charge in [-0.2, -0.15) is 0 Å². The molecule has 20 heavy (non-hydrogen) atoms. The molecule has 0 saturated heterocycles. The van der Waals surface area contributed by atoms with E-state index in [0.29, 0.717) is 18.3 Å². The number of hydrogen-bond acceptors (Lipinski definition) is 2. The van der Waals surface area contributed by atoms with Crippen molar-refractivity contribution in [2.75, 3.05) is 6.61 Å². The molecule has 3 nitrogen and oxygen atoms in total. The SMILES string of the molecule is Cc1ccccc1C1CC1C(=O)NC(CCO)C1CC1. The lowest BCUT2D eigenvalue weighted by molar-refractivity contribution is -0.123. The molecule has 0 radical (unpaired) electrons. The predicted octanol–water partition coefficient (Wildman–Crippen LogP) is 2.38. The quantitative estimate of drug-likeness (QED) is 0.836. The molecule has 1 amide bonds. The van der Waals surface area contributed by atoms with Gasteiger partial charge >= 0.3 is 0 Å². The lowest BCUT2D eigenvalue weighted by atomic mass is 10.0. The summed E-state index contributed by atoms with van der Waals surface area (Å²) in [7, 11) is 0. The smallest absolute Gasteiger partial charge is 0.223 e. The van der Waals surface area contributed by atoms with Gasteiger partial charge in [0.05, 0.1) is 0 Å². The topological polar surface area (TPSA) is 49.3 Å². The first-order valence-corrected chi connectivity index (χ1v) is 7.67. The Balaban J connectivity index is 1.58. The van der Waals surface area contributed by atoms with Gasteiger partial charge in [0.15, 0.2) is 0 Å². The van der Waals surface area contributed by atoms with Crippen LogP contribution < -0.4 is 5.32 Å². The average molecular weight is 273 g/mol. The fourth-order valence-electron chi connectivity index (χ4n) is 3.18. The zero-order valence-corrected chi connectivity index (χ0v) is 12.0. The van der Waals surface area contributed by atoms with Crippen LogP contribution in [0.3, 0.4) is 0 Å². The van der Waals surface area contributed by atoms with Gasteiger partial charge in [0.1, 0.15) is 0 Å². The number of aliphatic hydroxyl groups excluding tert-OH is 1. The van der Waals surface area contributed by atoms with Crippen molar-refractivity contribution in [2.45, 2.75) is 44.6 Å². The van der Waals surface area contributed by atoms with Crippen LogP contribution in [0.25, 0.3) is 0 Å². The maximum absolute atomic E-state index is 12.3. The molecular formula is C17H23NO2. The zero-order valence-electron chi connectivity index (χ0n) is 12.0. The first kappa shape index (κ1) is 13.6. The first-order chi connectivity index (χ1) is 9.70. The van der Waals surface area contributed by atoms with Crippen LogP contribution in [0.5, 0.6) is 0 Å². The molecule has 3 atom stereocenters. The second-order valence-corrected chi connectivity index (χ2v) is 6.27. The van der Waals surface area contributed by atoms with Gasteiger partial charge in [0, 0.05) is 18.6 Å². The lowest BCUT2D eigenvalue weighted by Crippen LogP contribution is -2.38. The molecule has 3 rings (SSSR count). The van der Waals surface area contributed by atoms with Crippen molar-refractivity contribution in [1.29, 1.82) is 0 Å². The fourth-order valence-corrected chi connectivity index (χ4v) is 3.18. The van der Waals surface area contributed by atoms with Crippen molar-refractivity contribution >= 4 is 5.91 Å². The minimum absolute atomic E-state index is 0.135. The molecule has 2 aliphatic rings. The highest BCUT2D eigenvalue weighted by atomic mass is 16.3. The van der Waals surface area contributed by atoms with E-state index in [2.05, 4.69) is 24.4 Å². The molecule has 0 aliphatic heterocycles.